The number of thioether (sulfide) groups is 1. The Morgan fingerprint density at radius 2 is 1.86 bits per heavy atom. The van der Waals surface area contributed by atoms with Gasteiger partial charge in [-0.1, -0.05) is 77.5 Å². The molecule has 3 aliphatic heterocycles. The number of amides is 3. The van der Waals surface area contributed by atoms with E-state index < -0.39 is 28.7 Å². The summed E-state index contributed by atoms with van der Waals surface area (Å²) in [6.45, 7) is 4.24. The van der Waals surface area contributed by atoms with Gasteiger partial charge in [0.25, 0.3) is 0 Å². The molecule has 4 heterocycles. The lowest BCUT2D eigenvalue weighted by atomic mass is 9.70. The van der Waals surface area contributed by atoms with Gasteiger partial charge in [-0.3, -0.25) is 14.4 Å². The van der Waals surface area contributed by atoms with Gasteiger partial charge in [-0.05, 0) is 36.5 Å². The molecule has 0 radical (unpaired) electrons. The number of aromatic nitrogens is 3. The molecule has 6 rings (SSSR count). The van der Waals surface area contributed by atoms with Crippen LogP contribution >= 0.6 is 27.7 Å². The number of hydrogen-bond donors (Lipinski definition) is 3. The van der Waals surface area contributed by atoms with Crippen LogP contribution in [-0.4, -0.2) is 76.2 Å². The molecule has 222 valence electrons. The Balaban J connectivity index is 1.31. The Kier molecular flexibility index (Phi) is 8.05. The largest absolute Gasteiger partial charge is 0.394 e. The van der Waals surface area contributed by atoms with Crippen molar-refractivity contribution in [2.75, 3.05) is 6.61 Å². The van der Waals surface area contributed by atoms with Gasteiger partial charge in [0.05, 0.1) is 34.7 Å². The average molecular weight is 656 g/mol. The quantitative estimate of drug-likeness (QED) is 0.287. The lowest BCUT2D eigenvalue weighted by Gasteiger charge is -2.37. The summed E-state index contributed by atoms with van der Waals surface area (Å²) < 4.78 is 0.817. The zero-order valence-corrected chi connectivity index (χ0v) is 25.9. The number of carbonyl (C=O) groups excluding carboxylic acids is 3. The number of aliphatic hydroxyl groups is 1. The van der Waals surface area contributed by atoms with Gasteiger partial charge in [0, 0.05) is 16.6 Å². The highest BCUT2D eigenvalue weighted by Crippen LogP contribution is 2.68. The van der Waals surface area contributed by atoms with E-state index in [-0.39, 0.29) is 47.0 Å². The number of rotatable bonds is 10. The Hall–Kier alpha value is -2.96. The van der Waals surface area contributed by atoms with E-state index in [9.17, 15) is 19.5 Å². The Bertz CT molecular complexity index is 1490. The molecule has 0 saturated carbocycles. The molecule has 2 bridgehead atoms. The van der Waals surface area contributed by atoms with Crippen molar-refractivity contribution in [3.63, 3.8) is 0 Å². The minimum absolute atomic E-state index is 0.0359. The van der Waals surface area contributed by atoms with Crippen molar-refractivity contribution in [2.45, 2.75) is 66.8 Å². The molecular weight excluding hydrogens is 620 g/mol. The fraction of sp³-hybridized carbons (Fsp3) is 0.500. The maximum absolute atomic E-state index is 14.4. The molecule has 12 heteroatoms. The molecule has 3 unspecified atom stereocenters. The SMILES string of the molecule is CC(C)C[C@H](CO)N1C(=O)[C@@H]2[C@H](C(=O)NCc3ccccc3)[C@H]3SC2(CC3Br)C1C(=O)NCn1nnc2ccccc21. The predicted molar refractivity (Wildman–Crippen MR) is 163 cm³/mol. The van der Waals surface area contributed by atoms with Crippen molar-refractivity contribution in [3.8, 4) is 0 Å². The highest BCUT2D eigenvalue weighted by molar-refractivity contribution is 9.09. The number of hydrogen-bond acceptors (Lipinski definition) is 7. The number of carbonyl (C=O) groups is 3. The average Bonchev–Trinajstić information content (AvgIpc) is 3.71. The summed E-state index contributed by atoms with van der Waals surface area (Å²) in [5.74, 6) is -1.79. The van der Waals surface area contributed by atoms with Gasteiger partial charge in [-0.15, -0.1) is 16.9 Å². The molecule has 1 aromatic heterocycles. The number of para-hydroxylation sites is 1. The molecule has 10 nitrogen and oxygen atoms in total. The number of likely N-dealkylation sites (tertiary alicyclic amines) is 1. The molecule has 7 atom stereocenters. The summed E-state index contributed by atoms with van der Waals surface area (Å²) >= 11 is 5.39. The molecule has 1 spiro atoms. The first-order valence-corrected chi connectivity index (χ1v) is 16.2. The normalized spacial score (nSPS) is 28.8. The maximum atomic E-state index is 14.4. The van der Waals surface area contributed by atoms with Crippen molar-refractivity contribution in [1.29, 1.82) is 0 Å². The van der Waals surface area contributed by atoms with Crippen molar-refractivity contribution >= 4 is 56.4 Å². The number of alkyl halides is 1. The van der Waals surface area contributed by atoms with Crippen molar-refractivity contribution in [3.05, 3.63) is 60.2 Å². The topological polar surface area (TPSA) is 129 Å². The second-order valence-electron chi connectivity index (χ2n) is 11.9. The second kappa shape index (κ2) is 11.6. The summed E-state index contributed by atoms with van der Waals surface area (Å²) in [6.07, 6.45) is 1.11. The van der Waals surface area contributed by atoms with Crippen LogP contribution in [0.4, 0.5) is 0 Å². The number of benzene rings is 2. The number of aliphatic hydroxyl groups excluding tert-OH is 1. The fourth-order valence-electron chi connectivity index (χ4n) is 7.07. The summed E-state index contributed by atoms with van der Waals surface area (Å²) in [4.78, 5) is 43.9. The van der Waals surface area contributed by atoms with Crippen molar-refractivity contribution in [1.82, 2.24) is 30.5 Å². The first-order valence-electron chi connectivity index (χ1n) is 14.4. The van der Waals surface area contributed by atoms with Crippen LogP contribution in [0.1, 0.15) is 32.3 Å². The standard InChI is InChI=1S/C30H35BrN6O4S/c1-17(2)12-19(15-38)37-26(28(40)33-16-36-22-11-7-6-10-21(22)34-35-36)30-13-20(31)25(42-30)23(24(30)29(37)41)27(39)32-14-18-8-4-3-5-9-18/h3-11,17,19-20,23-26,38H,12-16H2,1-2H3,(H,32,39)(H,33,40)/t19-,20?,23+,24+,25+,26?,30?/m1/s1. The Morgan fingerprint density at radius 3 is 2.60 bits per heavy atom. The maximum Gasteiger partial charge on any atom is 0.245 e. The Morgan fingerprint density at radius 1 is 1.12 bits per heavy atom. The molecule has 2 aromatic carbocycles. The van der Waals surface area contributed by atoms with Gasteiger partial charge in [0.15, 0.2) is 0 Å². The second-order valence-corrected chi connectivity index (χ2v) is 14.6. The summed E-state index contributed by atoms with van der Waals surface area (Å²) in [7, 11) is 0. The fourth-order valence-corrected chi connectivity index (χ4v) is 10.7. The van der Waals surface area contributed by atoms with E-state index in [1.807, 2.05) is 68.4 Å². The van der Waals surface area contributed by atoms with Crippen molar-refractivity contribution in [2.24, 2.45) is 17.8 Å². The molecule has 3 fully saturated rings. The number of fused-ring (bicyclic) bond motifs is 2. The smallest absolute Gasteiger partial charge is 0.245 e. The van der Waals surface area contributed by atoms with Gasteiger partial charge in [0.1, 0.15) is 18.2 Å². The van der Waals surface area contributed by atoms with Crippen LogP contribution in [0.3, 0.4) is 0 Å². The molecule has 3 amide bonds. The highest BCUT2D eigenvalue weighted by atomic mass is 79.9. The molecule has 3 aliphatic rings. The van der Waals surface area contributed by atoms with Crippen LogP contribution in [0.25, 0.3) is 11.0 Å². The molecule has 42 heavy (non-hydrogen) atoms. The zero-order valence-electron chi connectivity index (χ0n) is 23.5. The first kappa shape index (κ1) is 29.1. The van der Waals surface area contributed by atoms with E-state index in [4.69, 9.17) is 0 Å². The van der Waals surface area contributed by atoms with Gasteiger partial charge in [0.2, 0.25) is 17.7 Å². The Labute approximate surface area is 257 Å². The zero-order chi connectivity index (χ0) is 29.6. The van der Waals surface area contributed by atoms with E-state index in [1.54, 1.807) is 21.3 Å². The third kappa shape index (κ3) is 4.90. The van der Waals surface area contributed by atoms with Gasteiger partial charge >= 0.3 is 0 Å². The van der Waals surface area contributed by atoms with E-state index >= 15 is 0 Å². The lowest BCUT2D eigenvalue weighted by molar-refractivity contribution is -0.143. The van der Waals surface area contributed by atoms with E-state index in [2.05, 4.69) is 36.9 Å². The van der Waals surface area contributed by atoms with Crippen molar-refractivity contribution < 1.29 is 19.5 Å². The summed E-state index contributed by atoms with van der Waals surface area (Å²) in [5.41, 5.74) is 2.48. The number of nitrogens with one attached hydrogen (secondary N) is 2. The molecule has 0 aliphatic carbocycles. The minimum atomic E-state index is -0.845. The molecule has 3 aromatic rings. The summed E-state index contributed by atoms with van der Waals surface area (Å²) in [5, 5.41) is 24.8. The van der Waals surface area contributed by atoms with Gasteiger partial charge < -0.3 is 20.6 Å². The van der Waals surface area contributed by atoms with Crippen LogP contribution < -0.4 is 10.6 Å². The third-order valence-corrected chi connectivity index (χ3v) is 12.0. The monoisotopic (exact) mass is 654 g/mol. The minimum Gasteiger partial charge on any atom is -0.394 e. The lowest BCUT2D eigenvalue weighted by Crippen LogP contribution is -2.57. The van der Waals surface area contributed by atoms with Crippen LogP contribution in [0.15, 0.2) is 54.6 Å². The van der Waals surface area contributed by atoms with Crippen LogP contribution in [0.5, 0.6) is 0 Å². The van der Waals surface area contributed by atoms with E-state index in [0.717, 1.165) is 16.6 Å². The highest BCUT2D eigenvalue weighted by Gasteiger charge is 2.76. The van der Waals surface area contributed by atoms with Gasteiger partial charge in [-0.2, -0.15) is 0 Å². The molecule has 3 N–H and O–H groups in total. The molecular formula is C30H35BrN6O4S. The predicted octanol–water partition coefficient (Wildman–Crippen LogP) is 2.69. The van der Waals surface area contributed by atoms with Gasteiger partial charge in [-0.25, -0.2) is 4.68 Å². The number of halogens is 1. The van der Waals surface area contributed by atoms with Crippen LogP contribution in [0, 0.1) is 17.8 Å². The van der Waals surface area contributed by atoms with E-state index in [1.165, 1.54) is 0 Å². The summed E-state index contributed by atoms with van der Waals surface area (Å²) in [6, 6.07) is 15.8. The molecule has 3 saturated heterocycles. The first-order chi connectivity index (χ1) is 20.2. The third-order valence-electron chi connectivity index (χ3n) is 8.76. The van der Waals surface area contributed by atoms with Crippen LogP contribution in [0.2, 0.25) is 0 Å². The number of nitrogens with zero attached hydrogens (tertiary/aromatic N) is 4. The van der Waals surface area contributed by atoms with Crippen LogP contribution in [-0.2, 0) is 27.6 Å². The van der Waals surface area contributed by atoms with E-state index in [0.29, 0.717) is 19.4 Å².